The second kappa shape index (κ2) is 5.44. The lowest BCUT2D eigenvalue weighted by Crippen LogP contribution is -2.31. The van der Waals surface area contributed by atoms with Crippen LogP contribution in [-0.4, -0.2) is 17.4 Å². The number of nitrogen functional groups attached to an aromatic ring is 1. The molecule has 1 saturated heterocycles. The molecule has 21 heavy (non-hydrogen) atoms. The summed E-state index contributed by atoms with van der Waals surface area (Å²) in [6.07, 6.45) is 1.75. The van der Waals surface area contributed by atoms with Crippen LogP contribution in [0.15, 0.2) is 29.0 Å². The van der Waals surface area contributed by atoms with Gasteiger partial charge in [-0.05, 0) is 41.3 Å². The average molecular weight is 308 g/mol. The minimum atomic E-state index is -1.06. The largest absolute Gasteiger partial charge is 0.398 e. The summed E-state index contributed by atoms with van der Waals surface area (Å²) in [4.78, 5) is 14.3. The Labute approximate surface area is 125 Å². The third-order valence-electron chi connectivity index (χ3n) is 3.76. The van der Waals surface area contributed by atoms with Gasteiger partial charge in [-0.2, -0.15) is 11.3 Å². The third-order valence-corrected chi connectivity index (χ3v) is 4.47. The van der Waals surface area contributed by atoms with Crippen LogP contribution in [0, 0.1) is 11.6 Å². The topological polar surface area (TPSA) is 46.3 Å². The van der Waals surface area contributed by atoms with Crippen LogP contribution < -0.4 is 5.73 Å². The lowest BCUT2D eigenvalue weighted by molar-refractivity contribution is 0.0736. The Bertz CT molecular complexity index is 673. The van der Waals surface area contributed by atoms with E-state index in [0.29, 0.717) is 6.54 Å². The molecule has 0 bridgehead atoms. The van der Waals surface area contributed by atoms with Gasteiger partial charge in [-0.3, -0.25) is 4.79 Å². The number of carbonyl (C=O) groups is 1. The molecule has 2 heterocycles. The van der Waals surface area contributed by atoms with Crippen LogP contribution in [0.5, 0.6) is 0 Å². The smallest absolute Gasteiger partial charge is 0.256 e. The molecule has 0 saturated carbocycles. The summed E-state index contributed by atoms with van der Waals surface area (Å²) in [6, 6.07) is 3.71. The molecule has 2 N–H and O–H groups in total. The molecular weight excluding hydrogens is 294 g/mol. The highest BCUT2D eigenvalue weighted by atomic mass is 32.1. The summed E-state index contributed by atoms with van der Waals surface area (Å²) in [5.41, 5.74) is 6.74. The molecule has 1 amide bonds. The number of amides is 1. The number of nitrogens with zero attached hydrogens (tertiary/aromatic N) is 1. The molecule has 1 aliphatic heterocycles. The van der Waals surface area contributed by atoms with Crippen LogP contribution in [0.2, 0.25) is 0 Å². The molecule has 1 fully saturated rings. The molecule has 1 aromatic heterocycles. The first-order chi connectivity index (χ1) is 10.1. The van der Waals surface area contributed by atoms with Gasteiger partial charge in [0.1, 0.15) is 0 Å². The van der Waals surface area contributed by atoms with Crippen molar-refractivity contribution in [3.05, 3.63) is 51.7 Å². The first-order valence-electron chi connectivity index (χ1n) is 6.65. The number of benzene rings is 1. The number of hydrogen-bond donors (Lipinski definition) is 1. The molecule has 1 aliphatic rings. The average Bonchev–Trinajstić information content (AvgIpc) is 3.11. The SMILES string of the molecule is Nc1cc(F)c(F)cc1C(=O)N1CCCC1c1ccsc1. The standard InChI is InChI=1S/C15H14F2N2OS/c16-11-6-10(13(18)7-12(11)17)15(20)19-4-1-2-14(19)9-3-5-21-8-9/h3,5-8,14H,1-2,4,18H2. The molecule has 1 atom stereocenters. The van der Waals surface area contributed by atoms with E-state index in [-0.39, 0.29) is 23.2 Å². The second-order valence-corrected chi connectivity index (χ2v) is 5.85. The van der Waals surface area contributed by atoms with Crippen molar-refractivity contribution in [2.45, 2.75) is 18.9 Å². The number of hydrogen-bond acceptors (Lipinski definition) is 3. The summed E-state index contributed by atoms with van der Waals surface area (Å²) in [5.74, 6) is -2.45. The molecule has 2 aromatic rings. The Morgan fingerprint density at radius 2 is 2.10 bits per heavy atom. The number of nitrogens with two attached hydrogens (primary N) is 1. The van der Waals surface area contributed by atoms with Gasteiger partial charge in [-0.1, -0.05) is 0 Å². The number of rotatable bonds is 2. The van der Waals surface area contributed by atoms with Crippen molar-refractivity contribution in [2.75, 3.05) is 12.3 Å². The van der Waals surface area contributed by atoms with E-state index < -0.39 is 11.6 Å². The Morgan fingerprint density at radius 3 is 2.81 bits per heavy atom. The van der Waals surface area contributed by atoms with E-state index >= 15 is 0 Å². The van der Waals surface area contributed by atoms with Gasteiger partial charge in [0.05, 0.1) is 11.6 Å². The highest BCUT2D eigenvalue weighted by Crippen LogP contribution is 2.35. The van der Waals surface area contributed by atoms with E-state index in [2.05, 4.69) is 0 Å². The summed E-state index contributed by atoms with van der Waals surface area (Å²) in [5, 5.41) is 3.97. The van der Waals surface area contributed by atoms with Gasteiger partial charge in [0.2, 0.25) is 0 Å². The van der Waals surface area contributed by atoms with Crippen molar-refractivity contribution in [1.29, 1.82) is 0 Å². The summed E-state index contributed by atoms with van der Waals surface area (Å²) < 4.78 is 26.5. The molecule has 0 spiro atoms. The van der Waals surface area contributed by atoms with Crippen LogP contribution in [0.4, 0.5) is 14.5 Å². The van der Waals surface area contributed by atoms with Crippen LogP contribution in [0.3, 0.4) is 0 Å². The van der Waals surface area contributed by atoms with E-state index in [1.807, 2.05) is 16.8 Å². The molecule has 0 aliphatic carbocycles. The number of likely N-dealkylation sites (tertiary alicyclic amines) is 1. The maximum atomic E-state index is 13.4. The molecule has 0 radical (unpaired) electrons. The molecule has 1 aromatic carbocycles. The zero-order chi connectivity index (χ0) is 15.0. The quantitative estimate of drug-likeness (QED) is 0.862. The Morgan fingerprint density at radius 1 is 1.33 bits per heavy atom. The predicted molar refractivity (Wildman–Crippen MR) is 78.1 cm³/mol. The van der Waals surface area contributed by atoms with Gasteiger partial charge in [0, 0.05) is 18.3 Å². The van der Waals surface area contributed by atoms with E-state index in [4.69, 9.17) is 5.73 Å². The number of carbonyl (C=O) groups excluding carboxylic acids is 1. The lowest BCUT2D eigenvalue weighted by atomic mass is 10.1. The zero-order valence-electron chi connectivity index (χ0n) is 11.2. The van der Waals surface area contributed by atoms with Crippen molar-refractivity contribution in [3.8, 4) is 0 Å². The van der Waals surface area contributed by atoms with Gasteiger partial charge in [-0.15, -0.1) is 0 Å². The predicted octanol–water partition coefficient (Wildman–Crippen LogP) is 3.59. The van der Waals surface area contributed by atoms with E-state index in [9.17, 15) is 13.6 Å². The van der Waals surface area contributed by atoms with Gasteiger partial charge < -0.3 is 10.6 Å². The van der Waals surface area contributed by atoms with Gasteiger partial charge >= 0.3 is 0 Å². The van der Waals surface area contributed by atoms with E-state index in [0.717, 1.165) is 30.5 Å². The fraction of sp³-hybridized carbons (Fsp3) is 0.267. The van der Waals surface area contributed by atoms with Crippen molar-refractivity contribution >= 4 is 22.9 Å². The Balaban J connectivity index is 1.93. The van der Waals surface area contributed by atoms with Gasteiger partial charge in [0.15, 0.2) is 11.6 Å². The minimum absolute atomic E-state index is 0.0173. The summed E-state index contributed by atoms with van der Waals surface area (Å²) >= 11 is 1.57. The van der Waals surface area contributed by atoms with Crippen molar-refractivity contribution in [1.82, 2.24) is 4.90 Å². The zero-order valence-corrected chi connectivity index (χ0v) is 12.0. The maximum absolute atomic E-state index is 13.4. The number of halogens is 2. The Hall–Kier alpha value is -1.95. The Kier molecular flexibility index (Phi) is 3.63. The lowest BCUT2D eigenvalue weighted by Gasteiger charge is -2.25. The number of anilines is 1. The molecule has 1 unspecified atom stereocenters. The fourth-order valence-electron chi connectivity index (χ4n) is 2.72. The first-order valence-corrected chi connectivity index (χ1v) is 7.60. The third kappa shape index (κ3) is 2.51. The fourth-order valence-corrected chi connectivity index (χ4v) is 3.43. The molecule has 110 valence electrons. The second-order valence-electron chi connectivity index (χ2n) is 5.07. The molecule has 3 rings (SSSR count). The first kappa shape index (κ1) is 14.0. The van der Waals surface area contributed by atoms with Crippen molar-refractivity contribution in [2.24, 2.45) is 0 Å². The van der Waals surface area contributed by atoms with Gasteiger partial charge in [0.25, 0.3) is 5.91 Å². The van der Waals surface area contributed by atoms with Crippen LogP contribution >= 0.6 is 11.3 Å². The summed E-state index contributed by atoms with van der Waals surface area (Å²) in [7, 11) is 0. The highest BCUT2D eigenvalue weighted by Gasteiger charge is 2.32. The molecule has 6 heteroatoms. The van der Waals surface area contributed by atoms with E-state index in [1.54, 1.807) is 16.2 Å². The molecular formula is C15H14F2N2OS. The van der Waals surface area contributed by atoms with Crippen molar-refractivity contribution < 1.29 is 13.6 Å². The van der Waals surface area contributed by atoms with E-state index in [1.165, 1.54) is 0 Å². The monoisotopic (exact) mass is 308 g/mol. The van der Waals surface area contributed by atoms with Crippen LogP contribution in [0.1, 0.15) is 34.8 Å². The minimum Gasteiger partial charge on any atom is -0.398 e. The van der Waals surface area contributed by atoms with Crippen LogP contribution in [0.25, 0.3) is 0 Å². The number of thiophene rings is 1. The maximum Gasteiger partial charge on any atom is 0.256 e. The normalized spacial score (nSPS) is 18.2. The van der Waals surface area contributed by atoms with Crippen molar-refractivity contribution in [3.63, 3.8) is 0 Å². The van der Waals surface area contributed by atoms with Gasteiger partial charge in [-0.25, -0.2) is 8.78 Å². The molecule has 3 nitrogen and oxygen atoms in total. The summed E-state index contributed by atoms with van der Waals surface area (Å²) in [6.45, 7) is 0.595. The highest BCUT2D eigenvalue weighted by molar-refractivity contribution is 7.07. The van der Waals surface area contributed by atoms with Crippen LogP contribution in [-0.2, 0) is 0 Å².